The maximum absolute atomic E-state index is 5.28. The highest BCUT2D eigenvalue weighted by Crippen LogP contribution is 2.31. The van der Waals surface area contributed by atoms with Crippen molar-refractivity contribution < 1.29 is 4.74 Å². The van der Waals surface area contributed by atoms with Gasteiger partial charge in [-0.3, -0.25) is 0 Å². The summed E-state index contributed by atoms with van der Waals surface area (Å²) < 4.78 is 6.29. The maximum Gasteiger partial charge on any atom is 0.133 e. The molecule has 1 saturated carbocycles. The van der Waals surface area contributed by atoms with Crippen molar-refractivity contribution in [1.29, 1.82) is 0 Å². The second kappa shape index (κ2) is 7.92. The van der Waals surface area contributed by atoms with Crippen LogP contribution in [0.4, 0.5) is 5.69 Å². The Kier molecular flexibility index (Phi) is 6.21. The summed E-state index contributed by atoms with van der Waals surface area (Å²) in [6.45, 7) is 2.30. The Morgan fingerprint density at radius 2 is 2.10 bits per heavy atom. The van der Waals surface area contributed by atoms with Crippen molar-refractivity contribution >= 4 is 21.6 Å². The molecule has 0 amide bonds. The van der Waals surface area contributed by atoms with Crippen molar-refractivity contribution in [3.63, 3.8) is 0 Å². The highest BCUT2D eigenvalue weighted by atomic mass is 79.9. The van der Waals surface area contributed by atoms with E-state index in [1.807, 2.05) is 6.07 Å². The van der Waals surface area contributed by atoms with Crippen LogP contribution in [0.25, 0.3) is 0 Å². The van der Waals surface area contributed by atoms with Crippen LogP contribution in [0.1, 0.15) is 51.9 Å². The largest absolute Gasteiger partial charge is 0.496 e. The molecule has 112 valence electrons. The lowest BCUT2D eigenvalue weighted by molar-refractivity contribution is 0.412. The highest BCUT2D eigenvalue weighted by Gasteiger charge is 2.18. The number of halogens is 1. The quantitative estimate of drug-likeness (QED) is 0.703. The molecular formula is C17H26BrNO. The first-order valence-electron chi connectivity index (χ1n) is 7.83. The van der Waals surface area contributed by atoms with Gasteiger partial charge in [0, 0.05) is 11.7 Å². The maximum atomic E-state index is 5.28. The fraction of sp³-hybridized carbons (Fsp3) is 0.647. The van der Waals surface area contributed by atoms with Crippen LogP contribution in [0.5, 0.6) is 5.75 Å². The number of ether oxygens (including phenoxy) is 1. The third kappa shape index (κ3) is 4.41. The molecule has 0 spiro atoms. The summed E-state index contributed by atoms with van der Waals surface area (Å²) >= 11 is 3.55. The van der Waals surface area contributed by atoms with Gasteiger partial charge in [-0.1, -0.05) is 32.6 Å². The van der Waals surface area contributed by atoms with Crippen molar-refractivity contribution in [3.05, 3.63) is 22.7 Å². The molecular weight excluding hydrogens is 314 g/mol. The van der Waals surface area contributed by atoms with Crippen LogP contribution in [0.15, 0.2) is 22.7 Å². The average Bonchev–Trinajstić information content (AvgIpc) is 2.65. The minimum atomic E-state index is 0.622. The van der Waals surface area contributed by atoms with E-state index in [0.717, 1.165) is 16.1 Å². The summed E-state index contributed by atoms with van der Waals surface area (Å²) in [6, 6.07) is 6.87. The lowest BCUT2D eigenvalue weighted by Gasteiger charge is -2.19. The highest BCUT2D eigenvalue weighted by molar-refractivity contribution is 9.10. The van der Waals surface area contributed by atoms with E-state index >= 15 is 0 Å². The smallest absolute Gasteiger partial charge is 0.133 e. The first kappa shape index (κ1) is 15.7. The molecule has 1 aromatic rings. The van der Waals surface area contributed by atoms with Gasteiger partial charge < -0.3 is 10.1 Å². The molecule has 1 aliphatic carbocycles. The molecule has 2 unspecified atom stereocenters. The van der Waals surface area contributed by atoms with Crippen LogP contribution in [-0.2, 0) is 0 Å². The molecule has 2 rings (SSSR count). The van der Waals surface area contributed by atoms with E-state index in [-0.39, 0.29) is 0 Å². The van der Waals surface area contributed by atoms with Crippen LogP contribution in [0.3, 0.4) is 0 Å². The fourth-order valence-corrected chi connectivity index (χ4v) is 3.75. The zero-order chi connectivity index (χ0) is 14.4. The Morgan fingerprint density at radius 1 is 1.25 bits per heavy atom. The van der Waals surface area contributed by atoms with Crippen molar-refractivity contribution in [2.24, 2.45) is 5.92 Å². The van der Waals surface area contributed by atoms with Gasteiger partial charge in [-0.2, -0.15) is 0 Å². The Labute approximate surface area is 131 Å². The number of rotatable bonds is 5. The first-order valence-corrected chi connectivity index (χ1v) is 8.62. The molecule has 20 heavy (non-hydrogen) atoms. The lowest BCUT2D eigenvalue weighted by atomic mass is 9.95. The van der Waals surface area contributed by atoms with Gasteiger partial charge in [0.25, 0.3) is 0 Å². The number of methoxy groups -OCH3 is 1. The minimum Gasteiger partial charge on any atom is -0.496 e. The third-order valence-electron chi connectivity index (χ3n) is 4.31. The predicted molar refractivity (Wildman–Crippen MR) is 89.6 cm³/mol. The molecule has 0 aliphatic heterocycles. The summed E-state index contributed by atoms with van der Waals surface area (Å²) in [4.78, 5) is 0. The minimum absolute atomic E-state index is 0.622. The first-order chi connectivity index (χ1) is 9.72. The Bertz CT molecular complexity index is 421. The molecule has 0 saturated heterocycles. The van der Waals surface area contributed by atoms with E-state index in [0.29, 0.717) is 6.04 Å². The van der Waals surface area contributed by atoms with E-state index in [9.17, 15) is 0 Å². The lowest BCUT2D eigenvalue weighted by Crippen LogP contribution is -2.18. The fourth-order valence-electron chi connectivity index (χ4n) is 3.21. The summed E-state index contributed by atoms with van der Waals surface area (Å²) in [6.07, 6.45) is 9.48. The van der Waals surface area contributed by atoms with Crippen LogP contribution in [0.2, 0.25) is 0 Å². The van der Waals surface area contributed by atoms with E-state index in [4.69, 9.17) is 4.74 Å². The second-order valence-corrected chi connectivity index (χ2v) is 6.71. The van der Waals surface area contributed by atoms with Gasteiger partial charge >= 0.3 is 0 Å². The zero-order valence-corrected chi connectivity index (χ0v) is 14.2. The Morgan fingerprint density at radius 3 is 2.80 bits per heavy atom. The van der Waals surface area contributed by atoms with Crippen molar-refractivity contribution in [3.8, 4) is 5.75 Å². The number of anilines is 1. The molecule has 0 heterocycles. The standard InChI is InChI=1S/C17H26BrNO/c1-3-5-13-6-4-7-14(9-8-13)19-15-10-11-17(20-2)16(18)12-15/h10-14,19H,3-9H2,1-2H3. The molecule has 2 nitrogen and oxygen atoms in total. The molecule has 1 aliphatic rings. The number of hydrogen-bond acceptors (Lipinski definition) is 2. The van der Waals surface area contributed by atoms with Crippen LogP contribution < -0.4 is 10.1 Å². The topological polar surface area (TPSA) is 21.3 Å². The molecule has 3 heteroatoms. The molecule has 2 atom stereocenters. The van der Waals surface area contributed by atoms with Gasteiger partial charge in [0.1, 0.15) is 5.75 Å². The van der Waals surface area contributed by atoms with Gasteiger partial charge in [0.2, 0.25) is 0 Å². The molecule has 1 fully saturated rings. The summed E-state index contributed by atoms with van der Waals surface area (Å²) in [5.74, 6) is 1.84. The van der Waals surface area contributed by atoms with E-state index < -0.39 is 0 Å². The monoisotopic (exact) mass is 339 g/mol. The number of benzene rings is 1. The molecule has 0 aromatic heterocycles. The van der Waals surface area contributed by atoms with Gasteiger partial charge in [0.05, 0.1) is 11.6 Å². The van der Waals surface area contributed by atoms with Gasteiger partial charge in [-0.05, 0) is 59.3 Å². The number of nitrogens with one attached hydrogen (secondary N) is 1. The van der Waals surface area contributed by atoms with Gasteiger partial charge in [-0.25, -0.2) is 0 Å². The average molecular weight is 340 g/mol. The van der Waals surface area contributed by atoms with Crippen LogP contribution in [-0.4, -0.2) is 13.2 Å². The predicted octanol–water partition coefficient (Wildman–Crippen LogP) is 5.62. The van der Waals surface area contributed by atoms with Gasteiger partial charge in [0.15, 0.2) is 0 Å². The summed E-state index contributed by atoms with van der Waals surface area (Å²) in [7, 11) is 1.70. The molecule has 0 bridgehead atoms. The Balaban J connectivity index is 1.91. The number of hydrogen-bond donors (Lipinski definition) is 1. The summed E-state index contributed by atoms with van der Waals surface area (Å²) in [5.41, 5.74) is 1.19. The third-order valence-corrected chi connectivity index (χ3v) is 4.93. The molecule has 1 N–H and O–H groups in total. The van der Waals surface area contributed by atoms with Crippen molar-refractivity contribution in [1.82, 2.24) is 0 Å². The van der Waals surface area contributed by atoms with Crippen LogP contribution in [0, 0.1) is 5.92 Å². The van der Waals surface area contributed by atoms with Gasteiger partial charge in [-0.15, -0.1) is 0 Å². The van der Waals surface area contributed by atoms with Crippen molar-refractivity contribution in [2.75, 3.05) is 12.4 Å². The summed E-state index contributed by atoms with van der Waals surface area (Å²) in [5, 5.41) is 3.69. The van der Waals surface area contributed by atoms with E-state index in [1.54, 1.807) is 7.11 Å². The zero-order valence-electron chi connectivity index (χ0n) is 12.6. The SMILES string of the molecule is CCCC1CCCC(Nc2ccc(OC)c(Br)c2)CC1. The Hall–Kier alpha value is -0.700. The van der Waals surface area contributed by atoms with E-state index in [1.165, 1.54) is 50.6 Å². The second-order valence-electron chi connectivity index (χ2n) is 5.85. The van der Waals surface area contributed by atoms with E-state index in [2.05, 4.69) is 40.3 Å². The van der Waals surface area contributed by atoms with Crippen LogP contribution >= 0.6 is 15.9 Å². The van der Waals surface area contributed by atoms with Crippen molar-refractivity contribution in [2.45, 2.75) is 57.9 Å². The molecule has 1 aromatic carbocycles. The molecule has 0 radical (unpaired) electrons. The normalized spacial score (nSPS) is 23.1.